The highest BCUT2D eigenvalue weighted by atomic mass is 19.4. The number of allylic oxidation sites excluding steroid dienone is 1. The molecule has 0 unspecified atom stereocenters. The van der Waals surface area contributed by atoms with Crippen LogP contribution in [0.4, 0.5) is 23.7 Å². The second-order valence-corrected chi connectivity index (χ2v) is 9.41. The number of carbonyl (C=O) groups excluding carboxylic acids is 2. The molecular weight excluding hydrogens is 465 g/mol. The summed E-state index contributed by atoms with van der Waals surface area (Å²) in [5, 5.41) is 11.4. The third-order valence-electron chi connectivity index (χ3n) is 5.67. The molecule has 0 saturated carbocycles. The Morgan fingerprint density at radius 2 is 1.60 bits per heavy atom. The zero-order valence-corrected chi connectivity index (χ0v) is 19.7. The van der Waals surface area contributed by atoms with E-state index in [2.05, 4.69) is 0 Å². The van der Waals surface area contributed by atoms with E-state index in [0.29, 0.717) is 0 Å². The van der Waals surface area contributed by atoms with Crippen molar-refractivity contribution in [3.05, 3.63) is 81.4 Å². The molecule has 0 aromatic heterocycles. The molecule has 3 rings (SSSR count). The molecule has 2 aromatic carbocycles. The fourth-order valence-corrected chi connectivity index (χ4v) is 4.24. The third kappa shape index (κ3) is 5.06. The van der Waals surface area contributed by atoms with E-state index in [4.69, 9.17) is 4.74 Å². The molecule has 0 spiro atoms. The lowest BCUT2D eigenvalue weighted by atomic mass is 9.73. The van der Waals surface area contributed by atoms with Gasteiger partial charge in [-0.2, -0.15) is 13.2 Å². The highest BCUT2D eigenvalue weighted by Crippen LogP contribution is 2.48. The molecule has 0 bridgehead atoms. The molecule has 1 atom stereocenters. The summed E-state index contributed by atoms with van der Waals surface area (Å²) in [6.45, 7) is 4.76. The van der Waals surface area contributed by atoms with Gasteiger partial charge in [0, 0.05) is 16.1 Å². The van der Waals surface area contributed by atoms with E-state index in [9.17, 15) is 32.9 Å². The lowest BCUT2D eigenvalue weighted by molar-refractivity contribution is -0.501. The van der Waals surface area contributed by atoms with Gasteiger partial charge in [-0.3, -0.25) is 14.9 Å². The Labute approximate surface area is 200 Å². The Bertz CT molecular complexity index is 1190. The van der Waals surface area contributed by atoms with Crippen molar-refractivity contribution in [2.75, 3.05) is 11.4 Å². The van der Waals surface area contributed by atoms with Gasteiger partial charge in [-0.05, 0) is 45.7 Å². The van der Waals surface area contributed by atoms with Gasteiger partial charge in [0.25, 0.3) is 5.91 Å². The number of fused-ring (bicyclic) bond motifs is 1. The lowest BCUT2D eigenvalue weighted by Crippen LogP contribution is -2.48. The predicted octanol–water partition coefficient (Wildman–Crippen LogP) is 5.91. The van der Waals surface area contributed by atoms with Crippen LogP contribution in [0.2, 0.25) is 0 Å². The van der Waals surface area contributed by atoms with Gasteiger partial charge in [-0.1, -0.05) is 54.1 Å². The minimum Gasteiger partial charge on any atom is -0.443 e. The molecule has 2 amide bonds. The summed E-state index contributed by atoms with van der Waals surface area (Å²) in [7, 11) is 0. The van der Waals surface area contributed by atoms with Crippen LogP contribution in [0.3, 0.4) is 0 Å². The van der Waals surface area contributed by atoms with E-state index >= 15 is 0 Å². The van der Waals surface area contributed by atoms with Gasteiger partial charge in [0.05, 0.1) is 5.69 Å². The molecule has 186 valence electrons. The fourth-order valence-electron chi connectivity index (χ4n) is 4.24. The number of amides is 2. The van der Waals surface area contributed by atoms with E-state index < -0.39 is 47.1 Å². The maximum atomic E-state index is 14.6. The highest BCUT2D eigenvalue weighted by Gasteiger charge is 2.60. The largest absolute Gasteiger partial charge is 0.443 e. The Morgan fingerprint density at radius 1 is 1.03 bits per heavy atom. The van der Waals surface area contributed by atoms with Crippen LogP contribution in [0.15, 0.2) is 60.2 Å². The summed E-state index contributed by atoms with van der Waals surface area (Å²) in [5.74, 6) is -0.844. The first-order chi connectivity index (χ1) is 16.2. The van der Waals surface area contributed by atoms with E-state index in [1.807, 2.05) is 0 Å². The molecule has 1 aliphatic rings. The molecule has 1 heterocycles. The number of benzene rings is 2. The maximum Gasteiger partial charge on any atom is 0.422 e. The Hall–Kier alpha value is -3.69. The molecule has 10 heteroatoms. The normalized spacial score (nSPS) is 17.0. The summed E-state index contributed by atoms with van der Waals surface area (Å²) >= 11 is 0. The molecule has 1 aliphatic heterocycles. The van der Waals surface area contributed by atoms with Crippen molar-refractivity contribution in [2.45, 2.75) is 51.3 Å². The number of para-hydroxylation sites is 1. The van der Waals surface area contributed by atoms with Crippen molar-refractivity contribution in [1.29, 1.82) is 0 Å². The fraction of sp³-hybridized carbons (Fsp3) is 0.360. The van der Waals surface area contributed by atoms with Gasteiger partial charge in [-0.25, -0.2) is 9.69 Å². The van der Waals surface area contributed by atoms with Crippen molar-refractivity contribution in [2.24, 2.45) is 0 Å². The topological polar surface area (TPSA) is 89.8 Å². The average molecular weight is 490 g/mol. The van der Waals surface area contributed by atoms with Gasteiger partial charge in [0.2, 0.25) is 6.54 Å². The lowest BCUT2D eigenvalue weighted by Gasteiger charge is -2.33. The second kappa shape index (κ2) is 9.16. The molecule has 2 aromatic rings. The highest BCUT2D eigenvalue weighted by molar-refractivity contribution is 6.39. The minimum absolute atomic E-state index is 0.0310. The van der Waals surface area contributed by atoms with E-state index in [0.717, 1.165) is 4.90 Å². The van der Waals surface area contributed by atoms with Gasteiger partial charge in [0.1, 0.15) is 5.60 Å². The number of halogens is 3. The van der Waals surface area contributed by atoms with Crippen molar-refractivity contribution in [3.63, 3.8) is 0 Å². The second-order valence-electron chi connectivity index (χ2n) is 9.41. The standard InChI is InChI=1S/C25H25F3N2O5/c1-16(14-24(15-29(33)34,25(26,27)28)17-10-6-5-7-11-17)20-18-12-8-9-13-19(18)30(21(20)31)22(32)35-23(2,3)4/h5-13H,14-15H2,1-4H3/b20-16-/t24-/m0/s1. The molecule has 7 nitrogen and oxygen atoms in total. The van der Waals surface area contributed by atoms with Crippen LogP contribution in [0.25, 0.3) is 5.57 Å². The molecule has 0 radical (unpaired) electrons. The SMILES string of the molecule is C/C(C[C@](C[N+](=O)[O-])(c1ccccc1)C(F)(F)F)=C1/C(=O)N(C(=O)OC(C)(C)C)c2ccccc21. The minimum atomic E-state index is -5.00. The predicted molar refractivity (Wildman–Crippen MR) is 123 cm³/mol. The summed E-state index contributed by atoms with van der Waals surface area (Å²) < 4.78 is 49.0. The van der Waals surface area contributed by atoms with E-state index in [1.165, 1.54) is 49.4 Å². The summed E-state index contributed by atoms with van der Waals surface area (Å²) in [4.78, 5) is 37.4. The number of ether oxygens (including phenoxy) is 1. The maximum absolute atomic E-state index is 14.6. The van der Waals surface area contributed by atoms with Gasteiger partial charge in [-0.15, -0.1) is 0 Å². The number of rotatable bonds is 5. The van der Waals surface area contributed by atoms with E-state index in [1.54, 1.807) is 32.9 Å². The van der Waals surface area contributed by atoms with Crippen LogP contribution in [0.1, 0.15) is 45.2 Å². The zero-order valence-electron chi connectivity index (χ0n) is 19.7. The van der Waals surface area contributed by atoms with Crippen molar-refractivity contribution in [1.82, 2.24) is 0 Å². The average Bonchev–Trinajstić information content (AvgIpc) is 3.03. The van der Waals surface area contributed by atoms with E-state index in [-0.39, 0.29) is 28.0 Å². The molecular formula is C25H25F3N2O5. The Morgan fingerprint density at radius 3 is 2.14 bits per heavy atom. The number of hydrogen-bond acceptors (Lipinski definition) is 5. The number of nitro groups is 1. The van der Waals surface area contributed by atoms with Gasteiger partial charge >= 0.3 is 12.3 Å². The molecule has 0 aliphatic carbocycles. The summed E-state index contributed by atoms with van der Waals surface area (Å²) in [6.07, 6.45) is -6.82. The number of anilines is 1. The van der Waals surface area contributed by atoms with Crippen molar-refractivity contribution >= 4 is 23.3 Å². The Balaban J connectivity index is 2.18. The number of nitrogens with zero attached hydrogens (tertiary/aromatic N) is 2. The molecule has 35 heavy (non-hydrogen) atoms. The number of alkyl halides is 3. The molecule has 0 saturated heterocycles. The monoisotopic (exact) mass is 490 g/mol. The first-order valence-electron chi connectivity index (χ1n) is 10.8. The van der Waals surface area contributed by atoms with Gasteiger partial charge in [0.15, 0.2) is 5.41 Å². The first kappa shape index (κ1) is 25.9. The van der Waals surface area contributed by atoms with Crippen LogP contribution in [0, 0.1) is 10.1 Å². The molecule has 0 N–H and O–H groups in total. The van der Waals surface area contributed by atoms with Crippen LogP contribution in [-0.2, 0) is 14.9 Å². The third-order valence-corrected chi connectivity index (χ3v) is 5.67. The number of hydrogen-bond donors (Lipinski definition) is 0. The summed E-state index contributed by atoms with van der Waals surface area (Å²) in [6, 6.07) is 12.8. The van der Waals surface area contributed by atoms with Gasteiger partial charge < -0.3 is 4.74 Å². The van der Waals surface area contributed by atoms with Crippen LogP contribution >= 0.6 is 0 Å². The quantitative estimate of drug-likeness (QED) is 0.295. The van der Waals surface area contributed by atoms with Crippen LogP contribution in [-0.4, -0.2) is 35.2 Å². The Kier molecular flexibility index (Phi) is 6.79. The zero-order chi connectivity index (χ0) is 26.2. The number of imide groups is 1. The summed E-state index contributed by atoms with van der Waals surface area (Å²) in [5.41, 5.74) is -3.80. The van der Waals surface area contributed by atoms with Crippen LogP contribution < -0.4 is 4.90 Å². The van der Waals surface area contributed by atoms with Crippen LogP contribution in [0.5, 0.6) is 0 Å². The van der Waals surface area contributed by atoms with Crippen molar-refractivity contribution in [3.8, 4) is 0 Å². The van der Waals surface area contributed by atoms with Crippen molar-refractivity contribution < 1.29 is 32.4 Å². The molecule has 0 fully saturated rings. The first-order valence-corrected chi connectivity index (χ1v) is 10.8. The smallest absolute Gasteiger partial charge is 0.422 e. The number of carbonyl (C=O) groups is 2.